The molecule has 0 aliphatic rings. The van der Waals surface area contributed by atoms with Crippen LogP contribution in [0.5, 0.6) is 0 Å². The molecule has 1 heterocycles. The summed E-state index contributed by atoms with van der Waals surface area (Å²) in [5.74, 6) is -0.138. The molecule has 4 nitrogen and oxygen atoms in total. The van der Waals surface area contributed by atoms with Crippen molar-refractivity contribution in [2.75, 3.05) is 5.32 Å². The SMILES string of the molecule is CCCC(C)(N)C(=O)Nc1ccc2[nH]c(C)cc2c1.Cl. The van der Waals surface area contributed by atoms with Crippen molar-refractivity contribution in [3.05, 3.63) is 30.0 Å². The van der Waals surface area contributed by atoms with Crippen LogP contribution in [-0.4, -0.2) is 16.4 Å². The minimum atomic E-state index is -0.822. The molecule has 20 heavy (non-hydrogen) atoms. The van der Waals surface area contributed by atoms with Crippen molar-refractivity contribution >= 4 is 34.9 Å². The van der Waals surface area contributed by atoms with Gasteiger partial charge in [0.25, 0.3) is 0 Å². The van der Waals surface area contributed by atoms with Gasteiger partial charge in [-0.1, -0.05) is 13.3 Å². The summed E-state index contributed by atoms with van der Waals surface area (Å²) in [7, 11) is 0. The Morgan fingerprint density at radius 2 is 2.10 bits per heavy atom. The molecule has 1 atom stereocenters. The summed E-state index contributed by atoms with van der Waals surface area (Å²) in [6, 6.07) is 7.86. The number of benzene rings is 1. The molecule has 1 amide bonds. The first-order chi connectivity index (χ1) is 8.92. The lowest BCUT2D eigenvalue weighted by Gasteiger charge is -2.22. The topological polar surface area (TPSA) is 70.9 Å². The molecule has 2 rings (SSSR count). The molecule has 0 fully saturated rings. The number of aryl methyl sites for hydroxylation is 1. The zero-order valence-corrected chi connectivity index (χ0v) is 12.9. The number of amides is 1. The van der Waals surface area contributed by atoms with Crippen molar-refractivity contribution in [1.82, 2.24) is 4.98 Å². The molecule has 0 radical (unpaired) electrons. The van der Waals surface area contributed by atoms with Crippen LogP contribution in [0, 0.1) is 6.92 Å². The van der Waals surface area contributed by atoms with Gasteiger partial charge in [-0.2, -0.15) is 0 Å². The maximum Gasteiger partial charge on any atom is 0.244 e. The summed E-state index contributed by atoms with van der Waals surface area (Å²) in [6.45, 7) is 5.80. The second-order valence-corrected chi connectivity index (χ2v) is 5.38. The molecule has 4 N–H and O–H groups in total. The fourth-order valence-electron chi connectivity index (χ4n) is 2.26. The Morgan fingerprint density at radius 1 is 1.40 bits per heavy atom. The maximum atomic E-state index is 12.1. The number of halogens is 1. The van der Waals surface area contributed by atoms with Gasteiger partial charge in [-0.15, -0.1) is 12.4 Å². The second kappa shape index (κ2) is 6.29. The standard InChI is InChI=1S/C15H21N3O.ClH/c1-4-7-15(3,16)14(19)18-12-5-6-13-11(9-12)8-10(2)17-13;/h5-6,8-9,17H,4,7,16H2,1-3H3,(H,18,19);1H. The number of nitrogens with two attached hydrogens (primary N) is 1. The monoisotopic (exact) mass is 295 g/mol. The Labute approximate surface area is 125 Å². The van der Waals surface area contributed by atoms with Gasteiger partial charge in [0, 0.05) is 22.3 Å². The van der Waals surface area contributed by atoms with E-state index in [0.29, 0.717) is 6.42 Å². The first kappa shape index (κ1) is 16.5. The van der Waals surface area contributed by atoms with E-state index in [0.717, 1.165) is 28.7 Å². The smallest absolute Gasteiger partial charge is 0.244 e. The van der Waals surface area contributed by atoms with Gasteiger partial charge in [0.05, 0.1) is 5.54 Å². The number of aromatic amines is 1. The molecule has 1 unspecified atom stereocenters. The number of nitrogens with one attached hydrogen (secondary N) is 2. The molecular formula is C15H22ClN3O. The molecule has 2 aromatic rings. The third-order valence-electron chi connectivity index (χ3n) is 3.30. The minimum Gasteiger partial charge on any atom is -0.359 e. The highest BCUT2D eigenvalue weighted by Crippen LogP contribution is 2.21. The van der Waals surface area contributed by atoms with Gasteiger partial charge >= 0.3 is 0 Å². The fraction of sp³-hybridized carbons (Fsp3) is 0.400. The van der Waals surface area contributed by atoms with E-state index in [1.807, 2.05) is 32.0 Å². The van der Waals surface area contributed by atoms with Crippen LogP contribution >= 0.6 is 12.4 Å². The average Bonchev–Trinajstić information content (AvgIpc) is 2.68. The summed E-state index contributed by atoms with van der Waals surface area (Å²) >= 11 is 0. The normalized spacial score (nSPS) is 13.6. The van der Waals surface area contributed by atoms with Crippen LogP contribution in [-0.2, 0) is 4.79 Å². The third-order valence-corrected chi connectivity index (χ3v) is 3.30. The molecule has 0 spiro atoms. The predicted octanol–water partition coefficient (Wildman–Crippen LogP) is 3.35. The number of hydrogen-bond donors (Lipinski definition) is 3. The Morgan fingerprint density at radius 3 is 2.75 bits per heavy atom. The maximum absolute atomic E-state index is 12.1. The van der Waals surface area contributed by atoms with Gasteiger partial charge in [0.2, 0.25) is 5.91 Å². The lowest BCUT2D eigenvalue weighted by Crippen LogP contribution is -2.48. The van der Waals surface area contributed by atoms with Crippen LogP contribution in [0.15, 0.2) is 24.3 Å². The van der Waals surface area contributed by atoms with Crippen LogP contribution in [0.25, 0.3) is 10.9 Å². The van der Waals surface area contributed by atoms with E-state index in [9.17, 15) is 4.79 Å². The highest BCUT2D eigenvalue weighted by atomic mass is 35.5. The number of rotatable bonds is 4. The quantitative estimate of drug-likeness (QED) is 0.809. The first-order valence-electron chi connectivity index (χ1n) is 6.62. The van der Waals surface area contributed by atoms with E-state index in [4.69, 9.17) is 5.73 Å². The largest absolute Gasteiger partial charge is 0.359 e. The Hall–Kier alpha value is -1.52. The van der Waals surface area contributed by atoms with E-state index in [1.165, 1.54) is 0 Å². The number of carbonyl (C=O) groups excluding carboxylic acids is 1. The number of aromatic nitrogens is 1. The zero-order valence-electron chi connectivity index (χ0n) is 12.1. The lowest BCUT2D eigenvalue weighted by molar-refractivity contribution is -0.120. The predicted molar refractivity (Wildman–Crippen MR) is 86.4 cm³/mol. The molecule has 0 saturated carbocycles. The van der Waals surface area contributed by atoms with E-state index in [2.05, 4.69) is 16.4 Å². The van der Waals surface area contributed by atoms with Crippen LogP contribution in [0.2, 0.25) is 0 Å². The molecule has 0 aliphatic carbocycles. The van der Waals surface area contributed by atoms with Crippen molar-refractivity contribution in [2.24, 2.45) is 5.73 Å². The summed E-state index contributed by atoms with van der Waals surface area (Å²) in [5.41, 5.74) is 8.15. The van der Waals surface area contributed by atoms with Crippen LogP contribution < -0.4 is 11.1 Å². The summed E-state index contributed by atoms with van der Waals surface area (Å²) in [5, 5.41) is 3.98. The van der Waals surface area contributed by atoms with Crippen molar-refractivity contribution in [3.8, 4) is 0 Å². The highest BCUT2D eigenvalue weighted by molar-refractivity contribution is 5.99. The molecule has 0 aliphatic heterocycles. The van der Waals surface area contributed by atoms with Crippen molar-refractivity contribution < 1.29 is 4.79 Å². The molecular weight excluding hydrogens is 274 g/mol. The molecule has 1 aromatic heterocycles. The minimum absolute atomic E-state index is 0. The Bertz CT molecular complexity index is 604. The van der Waals surface area contributed by atoms with Crippen molar-refractivity contribution in [2.45, 2.75) is 39.2 Å². The van der Waals surface area contributed by atoms with E-state index < -0.39 is 5.54 Å². The number of H-pyrrole nitrogens is 1. The van der Waals surface area contributed by atoms with Gasteiger partial charge in [-0.3, -0.25) is 4.79 Å². The van der Waals surface area contributed by atoms with Gasteiger partial charge in [0.1, 0.15) is 0 Å². The number of carbonyl (C=O) groups is 1. The van der Waals surface area contributed by atoms with Crippen LogP contribution in [0.4, 0.5) is 5.69 Å². The Kier molecular flexibility index (Phi) is 5.20. The molecule has 5 heteroatoms. The van der Waals surface area contributed by atoms with Gasteiger partial charge in [-0.05, 0) is 44.5 Å². The second-order valence-electron chi connectivity index (χ2n) is 5.38. The number of anilines is 1. The number of fused-ring (bicyclic) bond motifs is 1. The first-order valence-corrected chi connectivity index (χ1v) is 6.62. The Balaban J connectivity index is 0.00000200. The van der Waals surface area contributed by atoms with Crippen LogP contribution in [0.3, 0.4) is 0 Å². The number of hydrogen-bond acceptors (Lipinski definition) is 2. The van der Waals surface area contributed by atoms with E-state index >= 15 is 0 Å². The molecule has 0 saturated heterocycles. The van der Waals surface area contributed by atoms with Gasteiger partial charge in [0.15, 0.2) is 0 Å². The van der Waals surface area contributed by atoms with E-state index in [1.54, 1.807) is 6.92 Å². The summed E-state index contributed by atoms with van der Waals surface area (Å²) in [4.78, 5) is 15.4. The average molecular weight is 296 g/mol. The fourth-order valence-corrected chi connectivity index (χ4v) is 2.26. The molecule has 0 bridgehead atoms. The van der Waals surface area contributed by atoms with Crippen molar-refractivity contribution in [3.63, 3.8) is 0 Å². The van der Waals surface area contributed by atoms with Crippen LogP contribution in [0.1, 0.15) is 32.4 Å². The summed E-state index contributed by atoms with van der Waals surface area (Å²) < 4.78 is 0. The van der Waals surface area contributed by atoms with Gasteiger partial charge < -0.3 is 16.0 Å². The van der Waals surface area contributed by atoms with Crippen molar-refractivity contribution in [1.29, 1.82) is 0 Å². The van der Waals surface area contributed by atoms with E-state index in [-0.39, 0.29) is 18.3 Å². The lowest BCUT2D eigenvalue weighted by atomic mass is 9.96. The highest BCUT2D eigenvalue weighted by Gasteiger charge is 2.27. The molecule has 110 valence electrons. The summed E-state index contributed by atoms with van der Waals surface area (Å²) in [6.07, 6.45) is 1.56. The third kappa shape index (κ3) is 3.52. The molecule has 1 aromatic carbocycles. The zero-order chi connectivity index (χ0) is 14.0. The van der Waals surface area contributed by atoms with Gasteiger partial charge in [-0.25, -0.2) is 0 Å².